The lowest BCUT2D eigenvalue weighted by Crippen LogP contribution is -1.90. The van der Waals surface area contributed by atoms with E-state index in [1.165, 1.54) is 11.1 Å². The maximum absolute atomic E-state index is 3.90. The highest BCUT2D eigenvalue weighted by atomic mass is 15.1. The molecule has 0 spiro atoms. The lowest BCUT2D eigenvalue weighted by Gasteiger charge is -2.00. The maximum Gasteiger partial charge on any atom is 0.0867 e. The van der Waals surface area contributed by atoms with Crippen LogP contribution in [0.3, 0.4) is 0 Å². The average molecular weight is 121 g/mol. The quantitative estimate of drug-likeness (QED) is 0.540. The Bertz CT molecular complexity index is 214. The van der Waals surface area contributed by atoms with Crippen molar-refractivity contribution in [1.29, 1.82) is 0 Å². The van der Waals surface area contributed by atoms with Crippen LogP contribution in [0.25, 0.3) is 0 Å². The molecule has 0 radical (unpaired) electrons. The zero-order chi connectivity index (χ0) is 6.10. The molecule has 0 fully saturated rings. The van der Waals surface area contributed by atoms with Crippen LogP contribution in [-0.4, -0.2) is 4.98 Å². The summed E-state index contributed by atoms with van der Waals surface area (Å²) in [5, 5.41) is 7.79. The van der Waals surface area contributed by atoms with Gasteiger partial charge in [-0.25, -0.2) is 0 Å². The molecule has 2 heterocycles. The molecule has 0 aliphatic carbocycles. The van der Waals surface area contributed by atoms with E-state index in [-0.39, 0.29) is 0 Å². The van der Waals surface area contributed by atoms with Crippen molar-refractivity contribution in [3.05, 3.63) is 23.5 Å². The van der Waals surface area contributed by atoms with Gasteiger partial charge in [-0.15, -0.1) is 0 Å². The van der Waals surface area contributed by atoms with Gasteiger partial charge in [0.2, 0.25) is 0 Å². The highest BCUT2D eigenvalue weighted by Gasteiger charge is 2.04. The molecule has 0 atom stereocenters. The van der Waals surface area contributed by atoms with Gasteiger partial charge >= 0.3 is 0 Å². The maximum atomic E-state index is 3.90. The van der Waals surface area contributed by atoms with E-state index in [1.54, 1.807) is 0 Å². The summed E-state index contributed by atoms with van der Waals surface area (Å²) >= 11 is 0. The van der Waals surface area contributed by atoms with Gasteiger partial charge in [0.05, 0.1) is 13.1 Å². The first kappa shape index (κ1) is 4.73. The largest absolute Gasteiger partial charge is 0.367 e. The van der Waals surface area contributed by atoms with Crippen molar-refractivity contribution in [2.75, 3.05) is 0 Å². The van der Waals surface area contributed by atoms with Crippen LogP contribution in [0, 0.1) is 0 Å². The number of aromatic amines is 1. The predicted octanol–water partition coefficient (Wildman–Crippen LogP) is 1.48. The molecule has 1 aromatic heterocycles. The van der Waals surface area contributed by atoms with Gasteiger partial charge in [0.25, 0.3) is 0 Å². The minimum Gasteiger partial charge on any atom is -0.367 e. The summed E-state index contributed by atoms with van der Waals surface area (Å²) in [5.41, 5.74) is 2.56. The molecule has 0 unspecified atom stereocenters. The standard InChI is InChI=1S/C6H7N3/c1-5-3-8-9-4-6(5)2-7-1/h1-2,7H,3-4H2. The number of fused-ring (bicyclic) bond motifs is 1. The number of H-pyrrole nitrogens is 1. The van der Waals surface area contributed by atoms with Gasteiger partial charge in [-0.1, -0.05) is 0 Å². The van der Waals surface area contributed by atoms with E-state index < -0.39 is 0 Å². The lowest BCUT2D eigenvalue weighted by atomic mass is 10.2. The molecule has 2 rings (SSSR count). The molecule has 1 aliphatic rings. The van der Waals surface area contributed by atoms with E-state index >= 15 is 0 Å². The topological polar surface area (TPSA) is 40.5 Å². The van der Waals surface area contributed by atoms with E-state index in [0.29, 0.717) is 0 Å². The van der Waals surface area contributed by atoms with Crippen molar-refractivity contribution in [1.82, 2.24) is 4.98 Å². The van der Waals surface area contributed by atoms with E-state index in [1.807, 2.05) is 12.4 Å². The number of rotatable bonds is 0. The fraction of sp³-hybridized carbons (Fsp3) is 0.333. The number of aromatic nitrogens is 1. The van der Waals surface area contributed by atoms with Crippen molar-refractivity contribution >= 4 is 0 Å². The molecule has 9 heavy (non-hydrogen) atoms. The molecule has 1 aromatic rings. The number of hydrogen-bond acceptors (Lipinski definition) is 2. The van der Waals surface area contributed by atoms with Crippen molar-refractivity contribution < 1.29 is 0 Å². The summed E-state index contributed by atoms with van der Waals surface area (Å²) in [6.45, 7) is 1.50. The molecule has 1 aliphatic heterocycles. The molecular formula is C6H7N3. The van der Waals surface area contributed by atoms with Crippen LogP contribution in [0.1, 0.15) is 11.1 Å². The summed E-state index contributed by atoms with van der Waals surface area (Å²) in [7, 11) is 0. The highest BCUT2D eigenvalue weighted by molar-refractivity contribution is 5.23. The second kappa shape index (κ2) is 1.69. The molecule has 1 N–H and O–H groups in total. The van der Waals surface area contributed by atoms with E-state index in [9.17, 15) is 0 Å². The predicted molar refractivity (Wildman–Crippen MR) is 33.1 cm³/mol. The van der Waals surface area contributed by atoms with E-state index in [2.05, 4.69) is 15.2 Å². The molecule has 0 bridgehead atoms. The Morgan fingerprint density at radius 3 is 2.22 bits per heavy atom. The van der Waals surface area contributed by atoms with Gasteiger partial charge in [0.15, 0.2) is 0 Å². The Kier molecular flexibility index (Phi) is 0.886. The molecule has 0 aromatic carbocycles. The van der Waals surface area contributed by atoms with Gasteiger partial charge in [-0.2, -0.15) is 10.2 Å². The highest BCUT2D eigenvalue weighted by Crippen LogP contribution is 2.14. The molecule has 46 valence electrons. The normalized spacial score (nSPS) is 15.6. The van der Waals surface area contributed by atoms with Crippen LogP contribution in [0.4, 0.5) is 0 Å². The monoisotopic (exact) mass is 121 g/mol. The summed E-state index contributed by atoms with van der Waals surface area (Å²) < 4.78 is 0. The fourth-order valence-corrected chi connectivity index (χ4v) is 0.975. The lowest BCUT2D eigenvalue weighted by molar-refractivity contribution is 0.797. The number of hydrogen-bond donors (Lipinski definition) is 1. The van der Waals surface area contributed by atoms with Gasteiger partial charge in [-0.3, -0.25) is 0 Å². The first-order valence-electron chi connectivity index (χ1n) is 2.94. The molecular weight excluding hydrogens is 114 g/mol. The van der Waals surface area contributed by atoms with E-state index in [4.69, 9.17) is 0 Å². The zero-order valence-electron chi connectivity index (χ0n) is 4.96. The fourth-order valence-electron chi connectivity index (χ4n) is 0.975. The molecule has 0 saturated carbocycles. The van der Waals surface area contributed by atoms with E-state index in [0.717, 1.165) is 13.1 Å². The summed E-state index contributed by atoms with van der Waals surface area (Å²) in [6, 6.07) is 0. The van der Waals surface area contributed by atoms with Crippen LogP contribution in [0.5, 0.6) is 0 Å². The van der Waals surface area contributed by atoms with Crippen molar-refractivity contribution in [2.24, 2.45) is 10.2 Å². The number of azo groups is 1. The Morgan fingerprint density at radius 2 is 1.67 bits per heavy atom. The van der Waals surface area contributed by atoms with Crippen LogP contribution in [0.15, 0.2) is 22.6 Å². The third kappa shape index (κ3) is 0.650. The third-order valence-electron chi connectivity index (χ3n) is 1.51. The average Bonchev–Trinajstić information content (AvgIpc) is 2.33. The molecule has 3 heteroatoms. The second-order valence-electron chi connectivity index (χ2n) is 2.10. The summed E-state index contributed by atoms with van der Waals surface area (Å²) in [6.07, 6.45) is 3.96. The smallest absolute Gasteiger partial charge is 0.0867 e. The van der Waals surface area contributed by atoms with Crippen molar-refractivity contribution in [3.63, 3.8) is 0 Å². The SMILES string of the molecule is c1[nH]cc2c1CN=NC2. The van der Waals surface area contributed by atoms with Crippen molar-refractivity contribution in [3.8, 4) is 0 Å². The van der Waals surface area contributed by atoms with Gasteiger partial charge in [0.1, 0.15) is 0 Å². The van der Waals surface area contributed by atoms with Gasteiger partial charge in [0, 0.05) is 12.4 Å². The number of nitrogens with one attached hydrogen (secondary N) is 1. The summed E-state index contributed by atoms with van der Waals surface area (Å²) in [5.74, 6) is 0. The molecule has 0 amide bonds. The minimum atomic E-state index is 0.749. The van der Waals surface area contributed by atoms with Crippen LogP contribution < -0.4 is 0 Å². The van der Waals surface area contributed by atoms with Crippen LogP contribution in [-0.2, 0) is 13.1 Å². The molecule has 3 nitrogen and oxygen atoms in total. The molecule has 0 saturated heterocycles. The minimum absolute atomic E-state index is 0.749. The van der Waals surface area contributed by atoms with Crippen LogP contribution in [0.2, 0.25) is 0 Å². The Labute approximate surface area is 52.8 Å². The second-order valence-corrected chi connectivity index (χ2v) is 2.10. The Hall–Kier alpha value is -1.12. The van der Waals surface area contributed by atoms with Gasteiger partial charge < -0.3 is 4.98 Å². The van der Waals surface area contributed by atoms with Gasteiger partial charge in [-0.05, 0) is 11.1 Å². The van der Waals surface area contributed by atoms with Crippen molar-refractivity contribution in [2.45, 2.75) is 13.1 Å². The first-order chi connectivity index (χ1) is 4.47. The zero-order valence-corrected chi connectivity index (χ0v) is 4.96. The Morgan fingerprint density at radius 1 is 1.11 bits per heavy atom. The summed E-state index contributed by atoms with van der Waals surface area (Å²) in [4.78, 5) is 3.02. The van der Waals surface area contributed by atoms with Crippen LogP contribution >= 0.6 is 0 Å². The first-order valence-corrected chi connectivity index (χ1v) is 2.94. The number of nitrogens with zero attached hydrogens (tertiary/aromatic N) is 2. The third-order valence-corrected chi connectivity index (χ3v) is 1.51. The Balaban J connectivity index is 2.46.